The van der Waals surface area contributed by atoms with E-state index in [9.17, 15) is 22.8 Å². The van der Waals surface area contributed by atoms with Crippen molar-refractivity contribution in [1.82, 2.24) is 4.57 Å². The molecule has 1 N–H and O–H groups in total. The average molecular weight is 438 g/mol. The number of nitrogens with one attached hydrogen (secondary N) is 1. The minimum absolute atomic E-state index is 0.0576. The van der Waals surface area contributed by atoms with Gasteiger partial charge >= 0.3 is 6.36 Å². The number of aromatic nitrogens is 1. The molecular weight excluding hydrogens is 413 g/mol. The third kappa shape index (κ3) is 6.18. The Morgan fingerprint density at radius 2 is 2.06 bits per heavy atom. The fourth-order valence-corrected chi connectivity index (χ4v) is 3.60. The van der Waals surface area contributed by atoms with Crippen LogP contribution in [0.3, 0.4) is 0 Å². The van der Waals surface area contributed by atoms with Gasteiger partial charge in [0.1, 0.15) is 6.10 Å². The van der Waals surface area contributed by atoms with E-state index >= 15 is 0 Å². The fourth-order valence-electron chi connectivity index (χ4n) is 3.60. The van der Waals surface area contributed by atoms with Crippen molar-refractivity contribution in [3.63, 3.8) is 0 Å². The standard InChI is InChI=1S/C22H25F3N2O4/c1-14-10-17(13-27(2)21(14)29)15-5-6-16(12-19(28)20-4-3-8-30-20)18(11-15)26-7-9-31-22(23,24)25/h5-6,10-11,13,20,26H,3-4,7-9,12H2,1-2H3/t20-/m0/s1. The lowest BCUT2D eigenvalue weighted by atomic mass is 9.98. The monoisotopic (exact) mass is 438 g/mol. The second kappa shape index (κ2) is 9.65. The second-order valence-electron chi connectivity index (χ2n) is 7.57. The van der Waals surface area contributed by atoms with Crippen LogP contribution in [0.5, 0.6) is 0 Å². The largest absolute Gasteiger partial charge is 0.522 e. The van der Waals surface area contributed by atoms with Crippen molar-refractivity contribution >= 4 is 11.5 Å². The Balaban J connectivity index is 1.85. The van der Waals surface area contributed by atoms with E-state index in [1.807, 2.05) is 6.07 Å². The minimum atomic E-state index is -4.70. The van der Waals surface area contributed by atoms with Crippen LogP contribution in [0.25, 0.3) is 11.1 Å². The Bertz CT molecular complexity index is 969. The Morgan fingerprint density at radius 3 is 2.71 bits per heavy atom. The lowest BCUT2D eigenvalue weighted by Gasteiger charge is -2.16. The molecule has 2 heterocycles. The molecule has 3 rings (SSSR count). The van der Waals surface area contributed by atoms with Crippen LogP contribution in [0.4, 0.5) is 18.9 Å². The number of hydrogen-bond donors (Lipinski definition) is 1. The van der Waals surface area contributed by atoms with Crippen LogP contribution in [0, 0.1) is 6.92 Å². The number of ketones is 1. The van der Waals surface area contributed by atoms with Crippen molar-refractivity contribution in [3.05, 3.63) is 51.9 Å². The molecule has 6 nitrogen and oxygen atoms in total. The van der Waals surface area contributed by atoms with Gasteiger partial charge in [-0.25, -0.2) is 0 Å². The van der Waals surface area contributed by atoms with Gasteiger partial charge in [0.05, 0.1) is 6.61 Å². The van der Waals surface area contributed by atoms with E-state index in [0.717, 1.165) is 17.5 Å². The topological polar surface area (TPSA) is 69.6 Å². The number of rotatable bonds is 8. The first kappa shape index (κ1) is 23.0. The van der Waals surface area contributed by atoms with Crippen molar-refractivity contribution in [2.24, 2.45) is 7.05 Å². The molecule has 0 aliphatic carbocycles. The third-order valence-electron chi connectivity index (χ3n) is 5.14. The van der Waals surface area contributed by atoms with E-state index in [2.05, 4.69) is 10.1 Å². The zero-order chi connectivity index (χ0) is 22.6. The summed E-state index contributed by atoms with van der Waals surface area (Å²) >= 11 is 0. The molecule has 1 atom stereocenters. The summed E-state index contributed by atoms with van der Waals surface area (Å²) in [5, 5.41) is 2.95. The van der Waals surface area contributed by atoms with Gasteiger partial charge in [-0.05, 0) is 48.6 Å². The van der Waals surface area contributed by atoms with E-state index in [1.165, 1.54) is 4.57 Å². The van der Waals surface area contributed by atoms with E-state index in [4.69, 9.17) is 4.74 Å². The van der Waals surface area contributed by atoms with Gasteiger partial charge in [-0.2, -0.15) is 0 Å². The first-order chi connectivity index (χ1) is 14.6. The van der Waals surface area contributed by atoms with E-state index in [-0.39, 0.29) is 24.3 Å². The maximum absolute atomic E-state index is 12.5. The molecule has 31 heavy (non-hydrogen) atoms. The lowest BCUT2D eigenvalue weighted by molar-refractivity contribution is -0.322. The number of benzene rings is 1. The summed E-state index contributed by atoms with van der Waals surface area (Å²) in [6.07, 6.45) is -1.82. The van der Waals surface area contributed by atoms with Crippen molar-refractivity contribution in [1.29, 1.82) is 0 Å². The van der Waals surface area contributed by atoms with Gasteiger partial charge in [-0.1, -0.05) is 12.1 Å². The summed E-state index contributed by atoms with van der Waals surface area (Å²) in [5.41, 5.74) is 3.23. The highest BCUT2D eigenvalue weighted by atomic mass is 19.4. The fraction of sp³-hybridized carbons (Fsp3) is 0.455. The van der Waals surface area contributed by atoms with Crippen LogP contribution >= 0.6 is 0 Å². The molecule has 0 radical (unpaired) electrons. The van der Waals surface area contributed by atoms with Crippen molar-refractivity contribution < 1.29 is 27.4 Å². The zero-order valence-electron chi connectivity index (χ0n) is 17.4. The van der Waals surface area contributed by atoms with Crippen LogP contribution in [0.15, 0.2) is 35.3 Å². The van der Waals surface area contributed by atoms with Gasteiger partial charge in [0, 0.05) is 44.1 Å². The van der Waals surface area contributed by atoms with Crippen LogP contribution in [-0.2, 0) is 27.7 Å². The molecule has 1 aliphatic rings. The predicted molar refractivity (Wildman–Crippen MR) is 110 cm³/mol. The Morgan fingerprint density at radius 1 is 1.29 bits per heavy atom. The molecule has 1 aliphatic heterocycles. The van der Waals surface area contributed by atoms with Crippen molar-refractivity contribution in [2.75, 3.05) is 25.1 Å². The summed E-state index contributed by atoms with van der Waals surface area (Å²) in [7, 11) is 1.65. The number of anilines is 1. The van der Waals surface area contributed by atoms with Crippen molar-refractivity contribution in [3.8, 4) is 11.1 Å². The number of Topliss-reactive ketones (excluding diaryl/α,β-unsaturated/α-hetero) is 1. The second-order valence-corrected chi connectivity index (χ2v) is 7.57. The zero-order valence-corrected chi connectivity index (χ0v) is 17.4. The number of pyridine rings is 1. The van der Waals surface area contributed by atoms with Crippen LogP contribution in [-0.4, -0.2) is 42.6 Å². The lowest BCUT2D eigenvalue weighted by Crippen LogP contribution is -2.23. The summed E-state index contributed by atoms with van der Waals surface area (Å²) in [5.74, 6) is -0.0576. The number of aryl methyl sites for hydroxylation is 2. The molecule has 9 heteroatoms. The van der Waals surface area contributed by atoms with Crippen LogP contribution < -0.4 is 10.9 Å². The molecule has 168 valence electrons. The molecule has 0 bridgehead atoms. The number of halogens is 3. The average Bonchev–Trinajstić information content (AvgIpc) is 3.24. The Kier molecular flexibility index (Phi) is 7.17. The Hall–Kier alpha value is -2.65. The number of carbonyl (C=O) groups excluding carboxylic acids is 1. The molecule has 1 fully saturated rings. The van der Waals surface area contributed by atoms with Gasteiger partial charge in [0.25, 0.3) is 5.56 Å². The van der Waals surface area contributed by atoms with Gasteiger partial charge in [-0.15, -0.1) is 13.2 Å². The molecule has 1 saturated heterocycles. The molecule has 1 aromatic carbocycles. The third-order valence-corrected chi connectivity index (χ3v) is 5.14. The molecule has 1 aromatic heterocycles. The predicted octanol–water partition coefficient (Wildman–Crippen LogP) is 3.60. The maximum atomic E-state index is 12.5. The van der Waals surface area contributed by atoms with E-state index in [0.29, 0.717) is 29.8 Å². The summed E-state index contributed by atoms with van der Waals surface area (Å²) in [6, 6.07) is 7.13. The highest BCUT2D eigenvalue weighted by molar-refractivity contribution is 5.87. The van der Waals surface area contributed by atoms with E-state index in [1.54, 1.807) is 38.4 Å². The summed E-state index contributed by atoms with van der Waals surface area (Å²) < 4.78 is 47.5. The molecule has 0 spiro atoms. The van der Waals surface area contributed by atoms with Gasteiger partial charge in [0.15, 0.2) is 5.78 Å². The first-order valence-electron chi connectivity index (χ1n) is 10.0. The highest BCUT2D eigenvalue weighted by Crippen LogP contribution is 2.27. The van der Waals surface area contributed by atoms with Crippen molar-refractivity contribution in [2.45, 2.75) is 38.7 Å². The molecule has 0 unspecified atom stereocenters. The number of carbonyl (C=O) groups is 1. The number of nitrogens with zero attached hydrogens (tertiary/aromatic N) is 1. The summed E-state index contributed by atoms with van der Waals surface area (Å²) in [4.78, 5) is 24.5. The summed E-state index contributed by atoms with van der Waals surface area (Å²) in [6.45, 7) is 1.62. The molecule has 2 aromatic rings. The normalized spacial score (nSPS) is 16.5. The minimum Gasteiger partial charge on any atom is -0.382 e. The quantitative estimate of drug-likeness (QED) is 0.638. The SMILES string of the molecule is Cc1cc(-c2ccc(CC(=O)[C@@H]3CCCO3)c(NCCOC(F)(F)F)c2)cn(C)c1=O. The number of alkyl halides is 3. The van der Waals surface area contributed by atoms with Crippen LogP contribution in [0.2, 0.25) is 0 Å². The van der Waals surface area contributed by atoms with Gasteiger partial charge < -0.3 is 14.6 Å². The van der Waals surface area contributed by atoms with Gasteiger partial charge in [0.2, 0.25) is 0 Å². The highest BCUT2D eigenvalue weighted by Gasteiger charge is 2.28. The number of ether oxygens (including phenoxy) is 2. The van der Waals surface area contributed by atoms with E-state index < -0.39 is 19.1 Å². The smallest absolute Gasteiger partial charge is 0.382 e. The maximum Gasteiger partial charge on any atom is 0.522 e. The number of hydrogen-bond acceptors (Lipinski definition) is 5. The van der Waals surface area contributed by atoms with Crippen LogP contribution in [0.1, 0.15) is 24.0 Å². The molecule has 0 saturated carbocycles. The first-order valence-corrected chi connectivity index (χ1v) is 10.0. The van der Waals surface area contributed by atoms with Gasteiger partial charge in [-0.3, -0.25) is 14.3 Å². The molecular formula is C22H25F3N2O4. The Labute approximate surface area is 178 Å². The molecule has 0 amide bonds.